The number of nitrogens with zero attached hydrogens (tertiary/aromatic N) is 1. The van der Waals surface area contributed by atoms with Gasteiger partial charge in [0.2, 0.25) is 0 Å². The molecule has 2 aromatic rings. The van der Waals surface area contributed by atoms with Crippen molar-refractivity contribution in [2.75, 3.05) is 12.4 Å². The van der Waals surface area contributed by atoms with E-state index in [1.807, 2.05) is 0 Å². The van der Waals surface area contributed by atoms with Crippen molar-refractivity contribution >= 4 is 17.3 Å². The third kappa shape index (κ3) is 3.95. The third-order valence-corrected chi connectivity index (χ3v) is 3.05. The SMILES string of the molecule is COc1cccc(CNc2cnccc2Cl)c1OC(F)F. The highest BCUT2D eigenvalue weighted by Gasteiger charge is 2.15. The number of halogens is 3. The topological polar surface area (TPSA) is 43.4 Å². The summed E-state index contributed by atoms with van der Waals surface area (Å²) in [5.41, 5.74) is 1.12. The Labute approximate surface area is 125 Å². The third-order valence-electron chi connectivity index (χ3n) is 2.72. The molecule has 0 saturated carbocycles. The first-order chi connectivity index (χ1) is 10.1. The Balaban J connectivity index is 2.21. The van der Waals surface area contributed by atoms with E-state index in [0.29, 0.717) is 16.3 Å². The van der Waals surface area contributed by atoms with Crippen LogP contribution in [0.5, 0.6) is 11.5 Å². The molecule has 0 unspecified atom stereocenters. The van der Waals surface area contributed by atoms with Gasteiger partial charge in [-0.2, -0.15) is 8.78 Å². The maximum absolute atomic E-state index is 12.5. The molecule has 112 valence electrons. The van der Waals surface area contributed by atoms with Crippen LogP contribution in [0.25, 0.3) is 0 Å². The number of pyridine rings is 1. The second-order valence-corrected chi connectivity index (χ2v) is 4.44. The lowest BCUT2D eigenvalue weighted by atomic mass is 10.2. The number of nitrogens with one attached hydrogen (secondary N) is 1. The van der Waals surface area contributed by atoms with Crippen molar-refractivity contribution in [2.24, 2.45) is 0 Å². The van der Waals surface area contributed by atoms with Gasteiger partial charge in [0.25, 0.3) is 0 Å². The maximum Gasteiger partial charge on any atom is 0.387 e. The van der Waals surface area contributed by atoms with Gasteiger partial charge < -0.3 is 14.8 Å². The first-order valence-corrected chi connectivity index (χ1v) is 6.43. The predicted octanol–water partition coefficient (Wildman–Crippen LogP) is 3.96. The largest absolute Gasteiger partial charge is 0.493 e. The first kappa shape index (κ1) is 15.3. The Morgan fingerprint density at radius 3 is 2.81 bits per heavy atom. The molecule has 0 spiro atoms. The minimum Gasteiger partial charge on any atom is -0.493 e. The average molecular weight is 315 g/mol. The Kier molecular flexibility index (Phi) is 5.16. The fourth-order valence-electron chi connectivity index (χ4n) is 1.78. The van der Waals surface area contributed by atoms with Crippen LogP contribution in [0.1, 0.15) is 5.56 Å². The summed E-state index contributed by atoms with van der Waals surface area (Å²) in [5.74, 6) is 0.245. The van der Waals surface area contributed by atoms with Gasteiger partial charge in [-0.3, -0.25) is 4.98 Å². The van der Waals surface area contributed by atoms with Crippen LogP contribution in [-0.4, -0.2) is 18.7 Å². The number of rotatable bonds is 6. The second-order valence-electron chi connectivity index (χ2n) is 4.04. The van der Waals surface area contributed by atoms with Crippen molar-refractivity contribution in [3.05, 3.63) is 47.2 Å². The molecule has 0 aliphatic rings. The molecule has 21 heavy (non-hydrogen) atoms. The zero-order valence-electron chi connectivity index (χ0n) is 11.1. The van der Waals surface area contributed by atoms with Gasteiger partial charge in [-0.05, 0) is 12.1 Å². The molecule has 1 heterocycles. The van der Waals surface area contributed by atoms with Gasteiger partial charge in [0.05, 0.1) is 24.0 Å². The van der Waals surface area contributed by atoms with Gasteiger partial charge in [0.1, 0.15) is 0 Å². The molecule has 0 radical (unpaired) electrons. The highest BCUT2D eigenvalue weighted by atomic mass is 35.5. The monoisotopic (exact) mass is 314 g/mol. The van der Waals surface area contributed by atoms with Crippen LogP contribution < -0.4 is 14.8 Å². The molecule has 0 bridgehead atoms. The highest BCUT2D eigenvalue weighted by Crippen LogP contribution is 2.33. The fourth-order valence-corrected chi connectivity index (χ4v) is 1.95. The summed E-state index contributed by atoms with van der Waals surface area (Å²) in [6, 6.07) is 6.54. The van der Waals surface area contributed by atoms with E-state index in [9.17, 15) is 8.78 Å². The number of hydrogen-bond acceptors (Lipinski definition) is 4. The van der Waals surface area contributed by atoms with E-state index in [1.54, 1.807) is 36.7 Å². The van der Waals surface area contributed by atoms with E-state index in [2.05, 4.69) is 15.0 Å². The highest BCUT2D eigenvalue weighted by molar-refractivity contribution is 6.33. The summed E-state index contributed by atoms with van der Waals surface area (Å²) in [6.07, 6.45) is 3.11. The molecule has 4 nitrogen and oxygen atoms in total. The zero-order chi connectivity index (χ0) is 15.2. The van der Waals surface area contributed by atoms with E-state index in [1.165, 1.54) is 7.11 Å². The molecule has 1 N–H and O–H groups in total. The normalized spacial score (nSPS) is 10.5. The molecular weight excluding hydrogens is 302 g/mol. The van der Waals surface area contributed by atoms with Crippen molar-refractivity contribution in [1.82, 2.24) is 4.98 Å². The minimum absolute atomic E-state index is 0.00233. The number of para-hydroxylation sites is 1. The smallest absolute Gasteiger partial charge is 0.387 e. The Morgan fingerprint density at radius 1 is 1.33 bits per heavy atom. The number of aromatic nitrogens is 1. The molecule has 2 rings (SSSR count). The molecule has 0 aliphatic heterocycles. The number of benzene rings is 1. The first-order valence-electron chi connectivity index (χ1n) is 6.06. The van der Waals surface area contributed by atoms with Gasteiger partial charge in [-0.1, -0.05) is 23.7 Å². The standard InChI is InChI=1S/C14H13ClF2N2O2/c1-20-12-4-2-3-9(13(12)21-14(16)17)7-19-11-8-18-6-5-10(11)15/h2-6,8,14,19H,7H2,1H3. The van der Waals surface area contributed by atoms with E-state index < -0.39 is 6.61 Å². The van der Waals surface area contributed by atoms with E-state index in [-0.39, 0.29) is 18.0 Å². The predicted molar refractivity (Wildman–Crippen MR) is 76.2 cm³/mol. The summed E-state index contributed by atoms with van der Waals surface area (Å²) >= 11 is 5.99. The number of hydrogen-bond donors (Lipinski definition) is 1. The number of methoxy groups -OCH3 is 1. The molecule has 0 aliphatic carbocycles. The van der Waals surface area contributed by atoms with Crippen LogP contribution in [0.3, 0.4) is 0 Å². The molecule has 0 atom stereocenters. The van der Waals surface area contributed by atoms with Crippen LogP contribution in [-0.2, 0) is 6.54 Å². The fraction of sp³-hybridized carbons (Fsp3) is 0.214. The van der Waals surface area contributed by atoms with Crippen LogP contribution in [0.4, 0.5) is 14.5 Å². The molecule has 0 saturated heterocycles. The Morgan fingerprint density at radius 2 is 2.14 bits per heavy atom. The Bertz CT molecular complexity index is 611. The van der Waals surface area contributed by atoms with Crippen molar-refractivity contribution in [2.45, 2.75) is 13.2 Å². The summed E-state index contributed by atoms with van der Waals surface area (Å²) in [4.78, 5) is 3.94. The molecule has 1 aromatic heterocycles. The van der Waals surface area contributed by atoms with E-state index in [0.717, 1.165) is 0 Å². The number of anilines is 1. The lowest BCUT2D eigenvalue weighted by Gasteiger charge is -2.15. The van der Waals surface area contributed by atoms with Gasteiger partial charge in [0.15, 0.2) is 11.5 Å². The minimum atomic E-state index is -2.93. The van der Waals surface area contributed by atoms with Crippen LogP contribution in [0.2, 0.25) is 5.02 Å². The summed E-state index contributed by atoms with van der Waals surface area (Å²) in [7, 11) is 1.39. The summed E-state index contributed by atoms with van der Waals surface area (Å²) in [5, 5.41) is 3.51. The van der Waals surface area contributed by atoms with Crippen LogP contribution in [0, 0.1) is 0 Å². The molecule has 1 aromatic carbocycles. The lowest BCUT2D eigenvalue weighted by molar-refractivity contribution is -0.0517. The van der Waals surface area contributed by atoms with Crippen molar-refractivity contribution < 1.29 is 18.3 Å². The zero-order valence-corrected chi connectivity index (χ0v) is 11.9. The van der Waals surface area contributed by atoms with Gasteiger partial charge >= 0.3 is 6.61 Å². The second kappa shape index (κ2) is 7.08. The quantitative estimate of drug-likeness (QED) is 0.876. The van der Waals surface area contributed by atoms with Crippen LogP contribution >= 0.6 is 11.6 Å². The summed E-state index contributed by atoms with van der Waals surface area (Å²) in [6.45, 7) is -2.69. The van der Waals surface area contributed by atoms with Crippen molar-refractivity contribution in [3.8, 4) is 11.5 Å². The average Bonchev–Trinajstić information content (AvgIpc) is 2.47. The molecule has 0 amide bonds. The van der Waals surface area contributed by atoms with Gasteiger partial charge in [-0.25, -0.2) is 0 Å². The van der Waals surface area contributed by atoms with Crippen molar-refractivity contribution in [3.63, 3.8) is 0 Å². The molecular formula is C14H13ClF2N2O2. The lowest BCUT2D eigenvalue weighted by Crippen LogP contribution is -2.08. The summed E-state index contributed by atoms with van der Waals surface area (Å²) < 4.78 is 34.6. The Hall–Kier alpha value is -2.08. The van der Waals surface area contributed by atoms with E-state index in [4.69, 9.17) is 16.3 Å². The maximum atomic E-state index is 12.5. The van der Waals surface area contributed by atoms with Gasteiger partial charge in [0, 0.05) is 18.3 Å². The number of alkyl halides is 2. The molecule has 0 fully saturated rings. The van der Waals surface area contributed by atoms with E-state index >= 15 is 0 Å². The van der Waals surface area contributed by atoms with Crippen LogP contribution in [0.15, 0.2) is 36.7 Å². The van der Waals surface area contributed by atoms with Crippen molar-refractivity contribution in [1.29, 1.82) is 0 Å². The number of ether oxygens (including phenoxy) is 2. The molecule has 7 heteroatoms. The van der Waals surface area contributed by atoms with Gasteiger partial charge in [-0.15, -0.1) is 0 Å².